The zero-order valence-corrected chi connectivity index (χ0v) is 15.8. The van der Waals surface area contributed by atoms with Crippen LogP contribution in [0, 0.1) is 0 Å². The van der Waals surface area contributed by atoms with E-state index in [2.05, 4.69) is 24.5 Å². The highest BCUT2D eigenvalue weighted by Gasteiger charge is 2.51. The lowest BCUT2D eigenvalue weighted by Crippen LogP contribution is -2.60. The standard InChI is InChI=1S/C20H26N4O3/c1-12(2)13-5-7-14(8-6-13)21-20(27)22-15-10-17-19(26)23-9-3-4-16(23)18(25)24(17)11-15/h5-8,12,15-17H,3-4,9-11H2,1-2H3,(H2,21,22,27)/t15-,16+,17-/m0/s1. The van der Waals surface area contributed by atoms with Gasteiger partial charge >= 0.3 is 6.03 Å². The van der Waals surface area contributed by atoms with Crippen molar-refractivity contribution in [1.82, 2.24) is 15.1 Å². The molecule has 7 heteroatoms. The quantitative estimate of drug-likeness (QED) is 0.853. The van der Waals surface area contributed by atoms with Crippen LogP contribution in [0.4, 0.5) is 10.5 Å². The van der Waals surface area contributed by atoms with Crippen molar-refractivity contribution in [1.29, 1.82) is 0 Å². The summed E-state index contributed by atoms with van der Waals surface area (Å²) in [4.78, 5) is 41.0. The van der Waals surface area contributed by atoms with E-state index in [4.69, 9.17) is 0 Å². The van der Waals surface area contributed by atoms with Crippen LogP contribution in [0.2, 0.25) is 0 Å². The van der Waals surface area contributed by atoms with Crippen molar-refractivity contribution in [3.05, 3.63) is 29.8 Å². The van der Waals surface area contributed by atoms with Gasteiger partial charge in [-0.15, -0.1) is 0 Å². The zero-order valence-electron chi connectivity index (χ0n) is 15.8. The van der Waals surface area contributed by atoms with E-state index in [0.29, 0.717) is 25.4 Å². The summed E-state index contributed by atoms with van der Waals surface area (Å²) >= 11 is 0. The first-order chi connectivity index (χ1) is 12.9. The second-order valence-electron chi connectivity index (χ2n) is 8.00. The van der Waals surface area contributed by atoms with E-state index in [0.717, 1.165) is 18.5 Å². The topological polar surface area (TPSA) is 81.8 Å². The number of carbonyl (C=O) groups excluding carboxylic acids is 3. The van der Waals surface area contributed by atoms with Crippen LogP contribution < -0.4 is 10.6 Å². The Morgan fingerprint density at radius 3 is 2.48 bits per heavy atom. The molecule has 0 saturated carbocycles. The number of amides is 4. The number of urea groups is 1. The van der Waals surface area contributed by atoms with Crippen LogP contribution in [-0.2, 0) is 9.59 Å². The minimum absolute atomic E-state index is 0.0334. The Labute approximate surface area is 159 Å². The van der Waals surface area contributed by atoms with Gasteiger partial charge in [0.1, 0.15) is 12.1 Å². The minimum atomic E-state index is -0.428. The van der Waals surface area contributed by atoms with Crippen LogP contribution >= 0.6 is 0 Å². The Balaban J connectivity index is 1.36. The van der Waals surface area contributed by atoms with Crippen LogP contribution in [0.25, 0.3) is 0 Å². The first-order valence-corrected chi connectivity index (χ1v) is 9.72. The number of rotatable bonds is 3. The Morgan fingerprint density at radius 1 is 1.07 bits per heavy atom. The van der Waals surface area contributed by atoms with Crippen molar-refractivity contribution in [3.8, 4) is 0 Å². The Morgan fingerprint density at radius 2 is 1.78 bits per heavy atom. The molecule has 4 rings (SSSR count). The number of nitrogens with zero attached hydrogens (tertiary/aromatic N) is 2. The molecule has 4 amide bonds. The van der Waals surface area contributed by atoms with Gasteiger partial charge in [0.25, 0.3) is 0 Å². The molecule has 7 nitrogen and oxygen atoms in total. The molecule has 0 bridgehead atoms. The first-order valence-electron chi connectivity index (χ1n) is 9.72. The van der Waals surface area contributed by atoms with Gasteiger partial charge in [0.15, 0.2) is 0 Å². The second kappa shape index (κ2) is 6.87. The molecule has 3 atom stereocenters. The van der Waals surface area contributed by atoms with Gasteiger partial charge in [0.2, 0.25) is 11.8 Å². The molecule has 3 heterocycles. The van der Waals surface area contributed by atoms with Crippen LogP contribution in [0.5, 0.6) is 0 Å². The lowest BCUT2D eigenvalue weighted by molar-refractivity contribution is -0.156. The largest absolute Gasteiger partial charge is 0.333 e. The number of anilines is 1. The van der Waals surface area contributed by atoms with Crippen LogP contribution in [0.3, 0.4) is 0 Å². The summed E-state index contributed by atoms with van der Waals surface area (Å²) in [5, 5.41) is 5.74. The minimum Gasteiger partial charge on any atom is -0.333 e. The number of piperazine rings is 1. The van der Waals surface area contributed by atoms with E-state index in [1.54, 1.807) is 9.80 Å². The number of hydrogen-bond donors (Lipinski definition) is 2. The number of fused-ring (bicyclic) bond motifs is 2. The average molecular weight is 370 g/mol. The van der Waals surface area contributed by atoms with E-state index >= 15 is 0 Å². The smallest absolute Gasteiger partial charge is 0.319 e. The van der Waals surface area contributed by atoms with Gasteiger partial charge in [-0.1, -0.05) is 26.0 Å². The number of benzene rings is 1. The van der Waals surface area contributed by atoms with Crippen LogP contribution in [0.1, 0.15) is 44.6 Å². The molecule has 0 unspecified atom stereocenters. The average Bonchev–Trinajstić information content (AvgIpc) is 3.27. The van der Waals surface area contributed by atoms with Gasteiger partial charge in [0, 0.05) is 18.8 Å². The predicted octanol–water partition coefficient (Wildman–Crippen LogP) is 1.91. The number of carbonyl (C=O) groups is 3. The summed E-state index contributed by atoms with van der Waals surface area (Å²) in [5.41, 5.74) is 1.94. The summed E-state index contributed by atoms with van der Waals surface area (Å²) in [5.74, 6) is 0.506. The van der Waals surface area contributed by atoms with E-state index in [1.165, 1.54) is 5.56 Å². The summed E-state index contributed by atoms with van der Waals surface area (Å²) in [7, 11) is 0. The Kier molecular flexibility index (Phi) is 4.53. The van der Waals surface area contributed by atoms with Gasteiger partial charge in [0.05, 0.1) is 6.04 Å². The predicted molar refractivity (Wildman–Crippen MR) is 101 cm³/mol. The molecule has 27 heavy (non-hydrogen) atoms. The maximum absolute atomic E-state index is 12.6. The molecule has 3 saturated heterocycles. The maximum Gasteiger partial charge on any atom is 0.319 e. The molecule has 3 fully saturated rings. The third-order valence-corrected chi connectivity index (χ3v) is 5.86. The Bertz CT molecular complexity index is 731. The van der Waals surface area contributed by atoms with E-state index in [-0.39, 0.29) is 29.9 Å². The highest BCUT2D eigenvalue weighted by atomic mass is 16.2. The lowest BCUT2D eigenvalue weighted by atomic mass is 10.0. The molecule has 0 aromatic heterocycles. The Hall–Kier alpha value is -2.57. The van der Waals surface area contributed by atoms with E-state index in [9.17, 15) is 14.4 Å². The van der Waals surface area contributed by atoms with E-state index in [1.807, 2.05) is 24.3 Å². The molecular weight excluding hydrogens is 344 g/mol. The van der Waals surface area contributed by atoms with Crippen LogP contribution in [0.15, 0.2) is 24.3 Å². The fourth-order valence-corrected chi connectivity index (χ4v) is 4.39. The number of hydrogen-bond acceptors (Lipinski definition) is 3. The molecule has 3 aliphatic rings. The SMILES string of the molecule is CC(C)c1ccc(NC(=O)N[C@H]2C[C@H]3C(=O)N4CCC[C@@H]4C(=O)N3C2)cc1. The molecule has 2 N–H and O–H groups in total. The molecule has 0 aliphatic carbocycles. The fraction of sp³-hybridized carbons (Fsp3) is 0.550. The highest BCUT2D eigenvalue weighted by Crippen LogP contribution is 2.32. The molecule has 144 valence electrons. The van der Waals surface area contributed by atoms with Crippen molar-refractivity contribution in [2.45, 2.75) is 57.2 Å². The van der Waals surface area contributed by atoms with Gasteiger partial charge < -0.3 is 20.4 Å². The van der Waals surface area contributed by atoms with Crippen molar-refractivity contribution in [3.63, 3.8) is 0 Å². The van der Waals surface area contributed by atoms with Gasteiger partial charge in [-0.05, 0) is 42.9 Å². The summed E-state index contributed by atoms with van der Waals surface area (Å²) in [6.45, 7) is 5.32. The zero-order chi connectivity index (χ0) is 19.1. The number of nitrogens with one attached hydrogen (secondary N) is 2. The summed E-state index contributed by atoms with van der Waals surface area (Å²) in [6.07, 6.45) is 2.12. The molecule has 0 spiro atoms. The second-order valence-corrected chi connectivity index (χ2v) is 8.00. The summed E-state index contributed by atoms with van der Waals surface area (Å²) in [6, 6.07) is 6.53. The third-order valence-electron chi connectivity index (χ3n) is 5.86. The highest BCUT2D eigenvalue weighted by molar-refractivity contribution is 5.98. The van der Waals surface area contributed by atoms with Gasteiger partial charge in [-0.3, -0.25) is 9.59 Å². The molecular formula is C20H26N4O3. The monoisotopic (exact) mass is 370 g/mol. The van der Waals surface area contributed by atoms with Crippen molar-refractivity contribution < 1.29 is 14.4 Å². The van der Waals surface area contributed by atoms with E-state index < -0.39 is 6.04 Å². The first kappa shape index (κ1) is 17.8. The maximum atomic E-state index is 12.6. The van der Waals surface area contributed by atoms with Crippen molar-refractivity contribution in [2.75, 3.05) is 18.4 Å². The normalized spacial score (nSPS) is 27.0. The van der Waals surface area contributed by atoms with Crippen molar-refractivity contribution in [2.24, 2.45) is 0 Å². The lowest BCUT2D eigenvalue weighted by Gasteiger charge is -2.38. The van der Waals surface area contributed by atoms with Gasteiger partial charge in [-0.2, -0.15) is 0 Å². The fourth-order valence-electron chi connectivity index (χ4n) is 4.39. The van der Waals surface area contributed by atoms with Gasteiger partial charge in [-0.25, -0.2) is 4.79 Å². The molecule has 1 aromatic rings. The molecule has 3 aliphatic heterocycles. The van der Waals surface area contributed by atoms with Crippen LogP contribution in [-0.4, -0.2) is 58.9 Å². The summed E-state index contributed by atoms with van der Waals surface area (Å²) < 4.78 is 0. The molecule has 0 radical (unpaired) electrons. The van der Waals surface area contributed by atoms with Crippen molar-refractivity contribution >= 4 is 23.5 Å². The third kappa shape index (κ3) is 3.26. The molecule has 1 aromatic carbocycles.